The lowest BCUT2D eigenvalue weighted by Crippen LogP contribution is -2.26. The van der Waals surface area contributed by atoms with E-state index in [1.165, 1.54) is 9.80 Å². The van der Waals surface area contributed by atoms with Gasteiger partial charge in [0.15, 0.2) is 5.11 Å². The molecule has 1 fully saturated rings. The van der Waals surface area contributed by atoms with Crippen molar-refractivity contribution in [3.63, 3.8) is 0 Å². The third-order valence-electron chi connectivity index (χ3n) is 3.54. The number of thiocarbonyl (C=S) groups is 1. The van der Waals surface area contributed by atoms with Gasteiger partial charge < -0.3 is 9.80 Å². The number of benzene rings is 1. The quantitative estimate of drug-likeness (QED) is 0.587. The van der Waals surface area contributed by atoms with Crippen LogP contribution in [0.1, 0.15) is 6.92 Å². The maximum Gasteiger partial charge on any atom is 0.279 e. The van der Waals surface area contributed by atoms with Crippen molar-refractivity contribution >= 4 is 40.7 Å². The number of anilines is 1. The molecule has 0 atom stereocenters. The molecule has 6 heteroatoms. The van der Waals surface area contributed by atoms with Crippen molar-refractivity contribution in [3.8, 4) is 0 Å². The molecule has 0 unspecified atom stereocenters. The molecular weight excluding hydrogens is 290 g/mol. The van der Waals surface area contributed by atoms with Crippen molar-refractivity contribution in [1.82, 2.24) is 9.80 Å². The molecule has 0 saturated carbocycles. The molecule has 2 heterocycles. The fourth-order valence-corrected chi connectivity index (χ4v) is 3.94. The molecule has 0 bridgehead atoms. The van der Waals surface area contributed by atoms with Gasteiger partial charge in [-0.2, -0.15) is 0 Å². The van der Waals surface area contributed by atoms with Crippen LogP contribution in [-0.4, -0.2) is 41.5 Å². The van der Waals surface area contributed by atoms with Crippen LogP contribution in [0, 0.1) is 0 Å². The smallest absolute Gasteiger partial charge is 0.279 e. The van der Waals surface area contributed by atoms with E-state index in [0.717, 1.165) is 17.3 Å². The summed E-state index contributed by atoms with van der Waals surface area (Å²) in [6, 6.07) is 8.20. The normalized spacial score (nSPS) is 22.1. The number of hydrogen-bond donors (Lipinski definition) is 0. The Balaban J connectivity index is 2.14. The molecule has 0 radical (unpaired) electrons. The van der Waals surface area contributed by atoms with Crippen molar-refractivity contribution in [1.29, 1.82) is 0 Å². The third-order valence-corrected chi connectivity index (χ3v) is 5.26. The Morgan fingerprint density at radius 3 is 2.50 bits per heavy atom. The Kier molecular flexibility index (Phi) is 3.22. The van der Waals surface area contributed by atoms with Gasteiger partial charge in [0.25, 0.3) is 5.91 Å². The average molecular weight is 305 g/mol. The highest BCUT2D eigenvalue weighted by Gasteiger charge is 2.39. The third kappa shape index (κ3) is 1.75. The first-order valence-corrected chi connectivity index (χ1v) is 7.63. The van der Waals surface area contributed by atoms with Crippen LogP contribution in [0.2, 0.25) is 0 Å². The minimum absolute atomic E-state index is 0.0359. The Hall–Kier alpha value is -1.53. The van der Waals surface area contributed by atoms with Gasteiger partial charge >= 0.3 is 0 Å². The van der Waals surface area contributed by atoms with Crippen molar-refractivity contribution < 1.29 is 4.79 Å². The average Bonchev–Trinajstić information content (AvgIpc) is 2.91. The summed E-state index contributed by atoms with van der Waals surface area (Å²) >= 11 is 6.92. The van der Waals surface area contributed by atoms with Gasteiger partial charge in [-0.1, -0.05) is 23.9 Å². The Bertz CT molecular complexity index is 641. The lowest BCUT2D eigenvalue weighted by atomic mass is 10.3. The number of thioether (sulfide) groups is 1. The van der Waals surface area contributed by atoms with E-state index in [0.29, 0.717) is 10.8 Å². The van der Waals surface area contributed by atoms with Crippen LogP contribution < -0.4 is 4.90 Å². The molecule has 20 heavy (non-hydrogen) atoms. The van der Waals surface area contributed by atoms with Gasteiger partial charge in [0, 0.05) is 25.5 Å². The second kappa shape index (κ2) is 4.79. The van der Waals surface area contributed by atoms with E-state index in [9.17, 15) is 4.79 Å². The van der Waals surface area contributed by atoms with E-state index < -0.39 is 0 Å². The number of carbonyl (C=O) groups is 1. The molecular formula is C14H15N3OS2. The zero-order chi connectivity index (χ0) is 14.4. The fourth-order valence-electron chi connectivity index (χ4n) is 2.47. The minimum atomic E-state index is -0.0359. The van der Waals surface area contributed by atoms with E-state index in [-0.39, 0.29) is 5.91 Å². The molecule has 0 spiro atoms. The molecule has 104 valence electrons. The second-order valence-electron chi connectivity index (χ2n) is 4.67. The van der Waals surface area contributed by atoms with Crippen molar-refractivity contribution in [2.75, 3.05) is 25.5 Å². The number of para-hydroxylation sites is 1. The highest BCUT2D eigenvalue weighted by atomic mass is 32.2. The highest BCUT2D eigenvalue weighted by Crippen LogP contribution is 2.48. The number of rotatable bonds is 1. The molecule has 2 aliphatic rings. The van der Waals surface area contributed by atoms with Crippen molar-refractivity contribution in [2.24, 2.45) is 0 Å². The second-order valence-corrected chi connectivity index (χ2v) is 6.07. The Labute approximate surface area is 128 Å². The fraction of sp³-hybridized carbons (Fsp3) is 0.286. The van der Waals surface area contributed by atoms with Crippen LogP contribution in [-0.2, 0) is 4.79 Å². The van der Waals surface area contributed by atoms with Gasteiger partial charge in [-0.05, 0) is 31.3 Å². The van der Waals surface area contributed by atoms with Crippen LogP contribution >= 0.6 is 24.0 Å². The Morgan fingerprint density at radius 1 is 1.20 bits per heavy atom. The first-order chi connectivity index (χ1) is 9.56. The largest absolute Gasteiger partial charge is 0.333 e. The standard InChI is InChI=1S/C14H15N3OS2/c1-4-17-9-7-5-6-8-10(9)20-13(17)11-12(18)16(3)14(19)15(11)2/h5-8H,4H2,1-3H3/b13-11+. The molecule has 2 aliphatic heterocycles. The zero-order valence-corrected chi connectivity index (χ0v) is 13.2. The topological polar surface area (TPSA) is 26.8 Å². The molecule has 0 aliphatic carbocycles. The lowest BCUT2D eigenvalue weighted by molar-refractivity contribution is -0.121. The van der Waals surface area contributed by atoms with E-state index in [1.54, 1.807) is 23.7 Å². The molecule has 0 N–H and O–H groups in total. The SMILES string of the molecule is CCN1/C(=C2/C(=O)N(C)C(=S)N2C)Sc2ccccc21. The van der Waals surface area contributed by atoms with E-state index in [4.69, 9.17) is 12.2 Å². The molecule has 1 saturated heterocycles. The summed E-state index contributed by atoms with van der Waals surface area (Å²) in [6.07, 6.45) is 0. The number of carbonyl (C=O) groups excluding carboxylic acids is 1. The minimum Gasteiger partial charge on any atom is -0.333 e. The molecule has 1 aromatic carbocycles. The molecule has 0 aromatic heterocycles. The van der Waals surface area contributed by atoms with Gasteiger partial charge in [0.05, 0.1) is 5.69 Å². The summed E-state index contributed by atoms with van der Waals surface area (Å²) in [6.45, 7) is 2.91. The summed E-state index contributed by atoms with van der Waals surface area (Å²) in [5, 5.41) is 1.51. The molecule has 3 rings (SSSR count). The predicted octanol–water partition coefficient (Wildman–Crippen LogP) is 2.48. The van der Waals surface area contributed by atoms with Gasteiger partial charge in [0.2, 0.25) is 0 Å². The summed E-state index contributed by atoms with van der Waals surface area (Å²) in [5.41, 5.74) is 1.82. The maximum absolute atomic E-state index is 12.4. The summed E-state index contributed by atoms with van der Waals surface area (Å²) in [4.78, 5) is 19.1. The highest BCUT2D eigenvalue weighted by molar-refractivity contribution is 8.03. The van der Waals surface area contributed by atoms with Crippen molar-refractivity contribution in [3.05, 3.63) is 35.0 Å². The number of hydrogen-bond acceptors (Lipinski definition) is 4. The van der Waals surface area contributed by atoms with Gasteiger partial charge in [-0.3, -0.25) is 9.69 Å². The van der Waals surface area contributed by atoms with Gasteiger partial charge in [0.1, 0.15) is 10.7 Å². The number of likely N-dealkylation sites (N-methyl/N-ethyl adjacent to an activating group) is 2. The summed E-state index contributed by atoms with van der Waals surface area (Å²) in [5.74, 6) is -0.0359. The summed E-state index contributed by atoms with van der Waals surface area (Å²) in [7, 11) is 3.57. The van der Waals surface area contributed by atoms with Crippen molar-refractivity contribution in [2.45, 2.75) is 11.8 Å². The van der Waals surface area contributed by atoms with Crippen LogP contribution in [0.15, 0.2) is 39.9 Å². The monoisotopic (exact) mass is 305 g/mol. The van der Waals surface area contributed by atoms with E-state index in [1.807, 2.05) is 19.2 Å². The predicted molar refractivity (Wildman–Crippen MR) is 85.5 cm³/mol. The zero-order valence-electron chi connectivity index (χ0n) is 11.6. The van der Waals surface area contributed by atoms with E-state index >= 15 is 0 Å². The van der Waals surface area contributed by atoms with E-state index in [2.05, 4.69) is 24.0 Å². The van der Waals surface area contributed by atoms with Crippen LogP contribution in [0.3, 0.4) is 0 Å². The number of fused-ring (bicyclic) bond motifs is 1. The van der Waals surface area contributed by atoms with Gasteiger partial charge in [-0.15, -0.1) is 0 Å². The van der Waals surface area contributed by atoms with Crippen LogP contribution in [0.25, 0.3) is 0 Å². The van der Waals surface area contributed by atoms with Crippen LogP contribution in [0.4, 0.5) is 5.69 Å². The number of amides is 1. The number of nitrogens with zero attached hydrogens (tertiary/aromatic N) is 3. The Morgan fingerprint density at radius 2 is 1.90 bits per heavy atom. The maximum atomic E-state index is 12.4. The van der Waals surface area contributed by atoms with Crippen LogP contribution in [0.5, 0.6) is 0 Å². The first-order valence-electron chi connectivity index (χ1n) is 6.40. The lowest BCUT2D eigenvalue weighted by Gasteiger charge is -2.21. The first kappa shape index (κ1) is 13.5. The van der Waals surface area contributed by atoms with Gasteiger partial charge in [-0.25, -0.2) is 0 Å². The molecule has 4 nitrogen and oxygen atoms in total. The summed E-state index contributed by atoms with van der Waals surface area (Å²) < 4.78 is 0. The molecule has 1 aromatic rings. The molecule has 1 amide bonds.